The van der Waals surface area contributed by atoms with Crippen molar-refractivity contribution in [1.29, 1.82) is 0 Å². The third-order valence-corrected chi connectivity index (χ3v) is 0. The summed E-state index contributed by atoms with van der Waals surface area (Å²) in [5.41, 5.74) is 0. The number of rotatable bonds is 0. The van der Waals surface area contributed by atoms with E-state index < -0.39 is 5.09 Å². The van der Waals surface area contributed by atoms with E-state index in [4.69, 9.17) is 15.3 Å². The molecule has 0 aliphatic rings. The molecule has 1 N–H and O–H groups in total. The van der Waals surface area contributed by atoms with Gasteiger partial charge in [0.2, 0.25) is 0 Å². The van der Waals surface area contributed by atoms with Crippen molar-refractivity contribution in [2.45, 2.75) is 0 Å². The Morgan fingerprint density at radius 2 is 1.80 bits per heavy atom. The fraction of sp³-hybridized carbons (Fsp3) is 0. The summed E-state index contributed by atoms with van der Waals surface area (Å²) in [6.45, 7) is 0. The molecule has 0 aromatic rings. The summed E-state index contributed by atoms with van der Waals surface area (Å²) in [6, 6.07) is 0. The Bertz CT molecular complexity index is 29.9. The third-order valence-electron chi connectivity index (χ3n) is 0. The minimum atomic E-state index is -1.50. The molecule has 0 fully saturated rings. The van der Waals surface area contributed by atoms with Crippen molar-refractivity contribution in [3.05, 3.63) is 10.1 Å². The fourth-order valence-corrected chi connectivity index (χ4v) is 0. The van der Waals surface area contributed by atoms with Crippen LogP contribution in [0.1, 0.15) is 0 Å². The predicted molar refractivity (Wildman–Crippen MR) is 8.78 cm³/mol. The number of hydrogen-bond acceptors (Lipinski definition) is 2. The summed E-state index contributed by atoms with van der Waals surface area (Å²) in [5, 5.41) is 13.6. The van der Waals surface area contributed by atoms with E-state index in [0.717, 1.165) is 0 Å². The first kappa shape index (κ1) is 8.83. The van der Waals surface area contributed by atoms with Crippen molar-refractivity contribution in [3.63, 3.8) is 0 Å². The SMILES string of the molecule is O=[N+]([O-])O.[Ni+2]. The van der Waals surface area contributed by atoms with Crippen LogP contribution in [0.2, 0.25) is 0 Å². The molecule has 0 heterocycles. The van der Waals surface area contributed by atoms with Gasteiger partial charge in [-0.25, -0.2) is 0 Å². The van der Waals surface area contributed by atoms with Crippen LogP contribution in [0.3, 0.4) is 0 Å². The Kier molecular flexibility index (Phi) is 6.52. The average Bonchev–Trinajstić information content (AvgIpc) is 0.811. The van der Waals surface area contributed by atoms with Gasteiger partial charge in [-0.1, -0.05) is 0 Å². The van der Waals surface area contributed by atoms with E-state index in [0.29, 0.717) is 0 Å². The molecule has 0 aliphatic carbocycles. The summed E-state index contributed by atoms with van der Waals surface area (Å²) in [5.74, 6) is 0. The van der Waals surface area contributed by atoms with E-state index in [1.807, 2.05) is 0 Å². The van der Waals surface area contributed by atoms with E-state index in [2.05, 4.69) is 0 Å². The van der Waals surface area contributed by atoms with Crippen molar-refractivity contribution in [2.24, 2.45) is 0 Å². The van der Waals surface area contributed by atoms with E-state index in [1.54, 1.807) is 0 Å². The monoisotopic (exact) mass is 121 g/mol. The maximum atomic E-state index is 8.36. The van der Waals surface area contributed by atoms with Crippen molar-refractivity contribution >= 4 is 0 Å². The van der Waals surface area contributed by atoms with Crippen molar-refractivity contribution in [1.82, 2.24) is 0 Å². The smallest absolute Gasteiger partial charge is 0.328 e. The Labute approximate surface area is 37.8 Å². The average molecular weight is 122 g/mol. The van der Waals surface area contributed by atoms with Gasteiger partial charge in [0.1, 0.15) is 0 Å². The quantitative estimate of drug-likeness (QED) is 0.271. The molecule has 0 bridgehead atoms. The fourth-order valence-electron chi connectivity index (χ4n) is 0. The molecule has 0 saturated heterocycles. The zero-order chi connectivity index (χ0) is 3.58. The molecular weight excluding hydrogens is 121 g/mol. The van der Waals surface area contributed by atoms with Crippen LogP contribution in [0.5, 0.6) is 0 Å². The van der Waals surface area contributed by atoms with Crippen LogP contribution in [0.25, 0.3) is 0 Å². The Balaban J connectivity index is 0. The zero-order valence-electron chi connectivity index (χ0n) is 2.03. The van der Waals surface area contributed by atoms with Gasteiger partial charge >= 0.3 is 16.5 Å². The first-order valence-electron chi connectivity index (χ1n) is 0.565. The zero-order valence-corrected chi connectivity index (χ0v) is 3.01. The van der Waals surface area contributed by atoms with Crippen LogP contribution >= 0.6 is 0 Å². The maximum absolute atomic E-state index is 8.36. The molecule has 5 heavy (non-hydrogen) atoms. The molecule has 5 heteroatoms. The van der Waals surface area contributed by atoms with Gasteiger partial charge in [-0.15, -0.1) is 10.1 Å². The van der Waals surface area contributed by atoms with Gasteiger partial charge in [-0.05, 0) is 0 Å². The van der Waals surface area contributed by atoms with E-state index in [9.17, 15) is 0 Å². The largest absolute Gasteiger partial charge is 2.00 e. The summed E-state index contributed by atoms with van der Waals surface area (Å²) in [6.07, 6.45) is 0. The second-order valence-electron chi connectivity index (χ2n) is 0.238. The van der Waals surface area contributed by atoms with Gasteiger partial charge in [0.25, 0.3) is 5.09 Å². The van der Waals surface area contributed by atoms with E-state index in [-0.39, 0.29) is 16.5 Å². The molecule has 0 unspecified atom stereocenters. The first-order valence-corrected chi connectivity index (χ1v) is 0.565. The van der Waals surface area contributed by atoms with E-state index in [1.165, 1.54) is 0 Å². The molecule has 0 atom stereocenters. The molecule has 4 nitrogen and oxygen atoms in total. The molecular formula is HNNiO3+2. The Hall–Kier alpha value is -0.306. The predicted octanol–water partition coefficient (Wildman–Crippen LogP) is -0.350. The third kappa shape index (κ3) is 113. The number of hydrogen-bond donors (Lipinski definition) is 1. The van der Waals surface area contributed by atoms with Crippen LogP contribution in [0, 0.1) is 10.1 Å². The van der Waals surface area contributed by atoms with Crippen LogP contribution < -0.4 is 0 Å². The van der Waals surface area contributed by atoms with Gasteiger partial charge in [-0.3, -0.25) is 0 Å². The minimum Gasteiger partial charge on any atom is -0.328 e. The summed E-state index contributed by atoms with van der Waals surface area (Å²) in [4.78, 5) is 8.36. The van der Waals surface area contributed by atoms with E-state index >= 15 is 0 Å². The molecule has 0 rings (SSSR count). The van der Waals surface area contributed by atoms with Gasteiger partial charge in [-0.2, -0.15) is 0 Å². The standard InChI is InChI=1S/HNO3.Ni/c2-1(3)4;/h(H,2,3,4);/q;+2. The summed E-state index contributed by atoms with van der Waals surface area (Å²) in [7, 11) is 0. The second-order valence-corrected chi connectivity index (χ2v) is 0.238. The first-order chi connectivity index (χ1) is 1.73. The van der Waals surface area contributed by atoms with Crippen LogP contribution in [0.15, 0.2) is 0 Å². The molecule has 0 aliphatic heterocycles. The molecule has 0 aromatic heterocycles. The summed E-state index contributed by atoms with van der Waals surface area (Å²) >= 11 is 0. The molecule has 0 spiro atoms. The number of nitrogens with zero attached hydrogens (tertiary/aromatic N) is 1. The van der Waals surface area contributed by atoms with Gasteiger partial charge in [0.15, 0.2) is 0 Å². The van der Waals surface area contributed by atoms with Crippen molar-refractivity contribution < 1.29 is 26.8 Å². The van der Waals surface area contributed by atoms with Gasteiger partial charge in [0, 0.05) is 0 Å². The van der Waals surface area contributed by atoms with Gasteiger partial charge in [0.05, 0.1) is 0 Å². The second kappa shape index (κ2) is 3.69. The van der Waals surface area contributed by atoms with Crippen molar-refractivity contribution in [3.8, 4) is 0 Å². The minimum absolute atomic E-state index is 0. The van der Waals surface area contributed by atoms with Crippen LogP contribution in [0.4, 0.5) is 0 Å². The van der Waals surface area contributed by atoms with Crippen LogP contribution in [-0.2, 0) is 16.5 Å². The molecule has 32 valence electrons. The summed E-state index contributed by atoms with van der Waals surface area (Å²) < 4.78 is 0. The van der Waals surface area contributed by atoms with Crippen molar-refractivity contribution in [2.75, 3.05) is 0 Å². The Morgan fingerprint density at radius 1 is 1.80 bits per heavy atom. The van der Waals surface area contributed by atoms with Crippen LogP contribution in [-0.4, -0.2) is 10.3 Å². The Morgan fingerprint density at radius 3 is 1.80 bits per heavy atom. The maximum Gasteiger partial charge on any atom is 2.00 e. The molecule has 0 radical (unpaired) electrons. The molecule has 0 aromatic carbocycles. The topological polar surface area (TPSA) is 63.4 Å². The molecule has 0 amide bonds. The molecule has 0 saturated carbocycles. The normalized spacial score (nSPS) is 4.80. The van der Waals surface area contributed by atoms with Gasteiger partial charge < -0.3 is 5.21 Å².